The second-order valence-electron chi connectivity index (χ2n) is 7.27. The van der Waals surface area contributed by atoms with E-state index in [0.717, 1.165) is 16.8 Å². The van der Waals surface area contributed by atoms with Crippen LogP contribution >= 0.6 is 11.6 Å². The van der Waals surface area contributed by atoms with Crippen LogP contribution in [0.1, 0.15) is 21.5 Å². The number of ketones is 1. The van der Waals surface area contributed by atoms with E-state index in [2.05, 4.69) is 0 Å². The molecule has 33 heavy (non-hydrogen) atoms. The lowest BCUT2D eigenvalue weighted by Gasteiger charge is -2.11. The minimum atomic E-state index is -0.503. The largest absolute Gasteiger partial charge is 0.496 e. The Hall–Kier alpha value is -3.83. The van der Waals surface area contributed by atoms with Gasteiger partial charge in [-0.05, 0) is 60.2 Å². The van der Waals surface area contributed by atoms with E-state index < -0.39 is 5.82 Å². The first-order valence-corrected chi connectivity index (χ1v) is 10.6. The van der Waals surface area contributed by atoms with E-state index in [4.69, 9.17) is 21.1 Å². The average molecular weight is 462 g/mol. The molecule has 4 aromatic rings. The minimum absolute atomic E-state index is 0.00416. The summed E-state index contributed by atoms with van der Waals surface area (Å²) in [7, 11) is 1.57. The van der Waals surface area contributed by atoms with E-state index in [1.807, 2.05) is 65.5 Å². The molecule has 0 aliphatic heterocycles. The number of methoxy groups -OCH3 is 1. The molecule has 4 rings (SSSR count). The number of rotatable bonds is 8. The maximum atomic E-state index is 13.4. The zero-order chi connectivity index (χ0) is 23.2. The highest BCUT2D eigenvalue weighted by Crippen LogP contribution is 2.25. The van der Waals surface area contributed by atoms with Crippen molar-refractivity contribution in [1.29, 1.82) is 0 Å². The van der Waals surface area contributed by atoms with Crippen LogP contribution < -0.4 is 9.47 Å². The molecule has 0 unspecified atom stereocenters. The molecule has 0 saturated heterocycles. The maximum absolute atomic E-state index is 13.4. The SMILES string of the molecule is COc1ccc(/C=C/C(=O)c2cccc(-n3cccc3)c2)cc1COc1ccc(F)c(Cl)c1. The van der Waals surface area contributed by atoms with Gasteiger partial charge in [0, 0.05) is 35.3 Å². The van der Waals surface area contributed by atoms with Gasteiger partial charge in [-0.25, -0.2) is 4.39 Å². The quantitative estimate of drug-likeness (QED) is 0.215. The molecule has 3 aromatic carbocycles. The number of halogens is 2. The van der Waals surface area contributed by atoms with Crippen molar-refractivity contribution in [2.45, 2.75) is 6.61 Å². The zero-order valence-electron chi connectivity index (χ0n) is 17.9. The number of benzene rings is 3. The summed E-state index contributed by atoms with van der Waals surface area (Å²) in [6.07, 6.45) is 7.16. The highest BCUT2D eigenvalue weighted by Gasteiger charge is 2.08. The van der Waals surface area contributed by atoms with Crippen LogP contribution in [0.3, 0.4) is 0 Å². The van der Waals surface area contributed by atoms with Crippen LogP contribution in [0.15, 0.2) is 91.3 Å². The lowest BCUT2D eigenvalue weighted by Crippen LogP contribution is -2.00. The second-order valence-corrected chi connectivity index (χ2v) is 7.68. The highest BCUT2D eigenvalue weighted by atomic mass is 35.5. The molecular weight excluding hydrogens is 441 g/mol. The monoisotopic (exact) mass is 461 g/mol. The van der Waals surface area contributed by atoms with Gasteiger partial charge in [0.25, 0.3) is 0 Å². The fourth-order valence-electron chi connectivity index (χ4n) is 3.34. The van der Waals surface area contributed by atoms with Gasteiger partial charge in [-0.2, -0.15) is 0 Å². The minimum Gasteiger partial charge on any atom is -0.496 e. The van der Waals surface area contributed by atoms with E-state index in [1.54, 1.807) is 25.3 Å². The Labute approximate surface area is 196 Å². The predicted molar refractivity (Wildman–Crippen MR) is 128 cm³/mol. The lowest BCUT2D eigenvalue weighted by atomic mass is 10.1. The van der Waals surface area contributed by atoms with Crippen molar-refractivity contribution in [3.8, 4) is 17.2 Å². The lowest BCUT2D eigenvalue weighted by molar-refractivity contribution is 0.104. The summed E-state index contributed by atoms with van der Waals surface area (Å²) in [5.74, 6) is 0.490. The van der Waals surface area contributed by atoms with Crippen molar-refractivity contribution in [3.63, 3.8) is 0 Å². The first kappa shape index (κ1) is 22.4. The van der Waals surface area contributed by atoms with Crippen molar-refractivity contribution in [2.75, 3.05) is 7.11 Å². The molecule has 0 bridgehead atoms. The number of carbonyl (C=O) groups excluding carboxylic acids is 1. The van der Waals surface area contributed by atoms with Crippen LogP contribution in [0.2, 0.25) is 5.02 Å². The van der Waals surface area contributed by atoms with Crippen LogP contribution in [0.4, 0.5) is 4.39 Å². The third-order valence-corrected chi connectivity index (χ3v) is 5.34. The van der Waals surface area contributed by atoms with Gasteiger partial charge in [0.05, 0.1) is 12.1 Å². The highest BCUT2D eigenvalue weighted by molar-refractivity contribution is 6.30. The fraction of sp³-hybridized carbons (Fsp3) is 0.0741. The Morgan fingerprint density at radius 1 is 1.03 bits per heavy atom. The van der Waals surface area contributed by atoms with Gasteiger partial charge in [-0.1, -0.05) is 35.9 Å². The van der Waals surface area contributed by atoms with Crippen LogP contribution in [0.25, 0.3) is 11.8 Å². The van der Waals surface area contributed by atoms with Gasteiger partial charge in [0.15, 0.2) is 5.78 Å². The third-order valence-electron chi connectivity index (χ3n) is 5.05. The Kier molecular flexibility index (Phi) is 6.91. The van der Waals surface area contributed by atoms with Gasteiger partial charge >= 0.3 is 0 Å². The smallest absolute Gasteiger partial charge is 0.185 e. The van der Waals surface area contributed by atoms with E-state index >= 15 is 0 Å². The summed E-state index contributed by atoms with van der Waals surface area (Å²) in [6, 6.07) is 21.1. The number of ether oxygens (including phenoxy) is 2. The van der Waals surface area contributed by atoms with Crippen molar-refractivity contribution >= 4 is 23.5 Å². The normalized spacial score (nSPS) is 11.0. The average Bonchev–Trinajstić information content (AvgIpc) is 3.38. The summed E-state index contributed by atoms with van der Waals surface area (Å²) in [5, 5.41) is -0.00416. The zero-order valence-corrected chi connectivity index (χ0v) is 18.6. The predicted octanol–water partition coefficient (Wildman–Crippen LogP) is 6.75. The van der Waals surface area contributed by atoms with Gasteiger partial charge in [0.2, 0.25) is 0 Å². The Morgan fingerprint density at radius 2 is 1.85 bits per heavy atom. The summed E-state index contributed by atoms with van der Waals surface area (Å²) in [6.45, 7) is 0.194. The molecule has 0 N–H and O–H groups in total. The molecule has 0 atom stereocenters. The molecule has 0 radical (unpaired) electrons. The molecular formula is C27H21ClFNO3. The number of allylic oxidation sites excluding steroid dienone is 1. The first-order valence-electron chi connectivity index (χ1n) is 10.2. The second kappa shape index (κ2) is 10.2. The number of nitrogens with zero attached hydrogens (tertiary/aromatic N) is 1. The number of hydrogen-bond donors (Lipinski definition) is 0. The van der Waals surface area contributed by atoms with E-state index in [-0.39, 0.29) is 17.4 Å². The Bertz CT molecular complexity index is 1300. The van der Waals surface area contributed by atoms with E-state index in [0.29, 0.717) is 17.1 Å². The van der Waals surface area contributed by atoms with Gasteiger partial charge in [-0.15, -0.1) is 0 Å². The standard InChI is InChI=1S/C27H21ClFNO3/c1-32-27-12-8-19(15-21(27)18-33-23-9-10-25(29)24(28)17-23)7-11-26(31)20-5-4-6-22(16-20)30-13-2-3-14-30/h2-17H,18H2,1H3/b11-7+. The topological polar surface area (TPSA) is 40.5 Å². The van der Waals surface area contributed by atoms with Crippen molar-refractivity contribution in [3.05, 3.63) is 119 Å². The molecule has 6 heteroatoms. The third kappa shape index (κ3) is 5.51. The molecule has 0 aliphatic carbocycles. The summed E-state index contributed by atoms with van der Waals surface area (Å²) < 4.78 is 26.5. The van der Waals surface area contributed by atoms with Gasteiger partial charge in [0.1, 0.15) is 23.9 Å². The molecule has 0 saturated carbocycles. The van der Waals surface area contributed by atoms with Crippen LogP contribution in [0.5, 0.6) is 11.5 Å². The van der Waals surface area contributed by atoms with Crippen molar-refractivity contribution in [2.24, 2.45) is 0 Å². The van der Waals surface area contributed by atoms with Crippen molar-refractivity contribution in [1.82, 2.24) is 4.57 Å². The van der Waals surface area contributed by atoms with Gasteiger partial charge < -0.3 is 14.0 Å². The van der Waals surface area contributed by atoms with Crippen molar-refractivity contribution < 1.29 is 18.7 Å². The number of carbonyl (C=O) groups is 1. The molecule has 166 valence electrons. The van der Waals surface area contributed by atoms with E-state index in [1.165, 1.54) is 18.2 Å². The van der Waals surface area contributed by atoms with Gasteiger partial charge in [-0.3, -0.25) is 4.79 Å². The molecule has 1 aromatic heterocycles. The molecule has 0 fully saturated rings. The first-order chi connectivity index (χ1) is 16.0. The Morgan fingerprint density at radius 3 is 2.61 bits per heavy atom. The van der Waals surface area contributed by atoms with E-state index in [9.17, 15) is 9.18 Å². The van der Waals surface area contributed by atoms with Crippen LogP contribution in [0, 0.1) is 5.82 Å². The summed E-state index contributed by atoms with van der Waals surface area (Å²) in [4.78, 5) is 12.7. The van der Waals surface area contributed by atoms with Crippen LogP contribution in [-0.2, 0) is 6.61 Å². The summed E-state index contributed by atoms with van der Waals surface area (Å²) >= 11 is 5.82. The molecule has 1 heterocycles. The molecule has 4 nitrogen and oxygen atoms in total. The fourth-order valence-corrected chi connectivity index (χ4v) is 3.51. The Balaban J connectivity index is 1.49. The molecule has 0 aliphatic rings. The summed E-state index contributed by atoms with van der Waals surface area (Å²) in [5.41, 5.74) is 3.12. The number of aromatic nitrogens is 1. The number of hydrogen-bond acceptors (Lipinski definition) is 3. The molecule has 0 spiro atoms. The van der Waals surface area contributed by atoms with Crippen LogP contribution in [-0.4, -0.2) is 17.5 Å². The molecule has 0 amide bonds. The maximum Gasteiger partial charge on any atom is 0.185 e.